The number of carbonyl (C=O) groups excluding carboxylic acids is 1. The van der Waals surface area contributed by atoms with Crippen molar-refractivity contribution in [3.8, 4) is 0 Å². The minimum atomic E-state index is -0.0151. The van der Waals surface area contributed by atoms with Gasteiger partial charge in [-0.15, -0.1) is 0 Å². The number of nitrogens with zero attached hydrogens (tertiary/aromatic N) is 3. The van der Waals surface area contributed by atoms with Crippen molar-refractivity contribution < 1.29 is 9.90 Å². The van der Waals surface area contributed by atoms with E-state index in [2.05, 4.69) is 16.1 Å². The number of hydrogen-bond donors (Lipinski definition) is 1. The van der Waals surface area contributed by atoms with Gasteiger partial charge in [-0.25, -0.2) is 4.98 Å². The zero-order valence-corrected chi connectivity index (χ0v) is 12.6. The van der Waals surface area contributed by atoms with Gasteiger partial charge in [0.15, 0.2) is 0 Å². The van der Waals surface area contributed by atoms with Gasteiger partial charge in [0.1, 0.15) is 0 Å². The third kappa shape index (κ3) is 2.64. The molecule has 0 aliphatic carbocycles. The van der Waals surface area contributed by atoms with E-state index in [0.717, 1.165) is 42.4 Å². The van der Waals surface area contributed by atoms with E-state index in [9.17, 15) is 9.90 Å². The number of likely N-dealkylation sites (tertiary alicyclic amines) is 1. The highest BCUT2D eigenvalue weighted by atomic mass is 16.3. The standard InChI is InChI=1S/C17H21N3O2/c1-2-16(22)19-9-4-3-7-14(10-19)20-12-18-15-8-5-6-13(11-21)17(15)20/h2,5-6,8,12,14,21H,1,3-4,7,9-11H2. The minimum Gasteiger partial charge on any atom is -0.392 e. The summed E-state index contributed by atoms with van der Waals surface area (Å²) < 4.78 is 2.12. The number of aromatic nitrogens is 2. The lowest BCUT2D eigenvalue weighted by molar-refractivity contribution is -0.126. The summed E-state index contributed by atoms with van der Waals surface area (Å²) in [5.41, 5.74) is 2.74. The zero-order chi connectivity index (χ0) is 15.5. The molecular weight excluding hydrogens is 278 g/mol. The quantitative estimate of drug-likeness (QED) is 0.885. The topological polar surface area (TPSA) is 58.4 Å². The lowest BCUT2D eigenvalue weighted by Gasteiger charge is -2.25. The molecule has 1 aliphatic rings. The van der Waals surface area contributed by atoms with Crippen LogP contribution in [0.2, 0.25) is 0 Å². The van der Waals surface area contributed by atoms with E-state index in [1.165, 1.54) is 6.08 Å². The smallest absolute Gasteiger partial charge is 0.246 e. The van der Waals surface area contributed by atoms with Gasteiger partial charge in [-0.05, 0) is 31.4 Å². The van der Waals surface area contributed by atoms with Crippen LogP contribution in [-0.2, 0) is 11.4 Å². The third-order valence-corrected chi connectivity index (χ3v) is 4.37. The van der Waals surface area contributed by atoms with Gasteiger partial charge in [0.05, 0.1) is 30.0 Å². The second-order valence-electron chi connectivity index (χ2n) is 5.73. The van der Waals surface area contributed by atoms with E-state index in [4.69, 9.17) is 0 Å². The molecule has 0 saturated carbocycles. The van der Waals surface area contributed by atoms with Crippen molar-refractivity contribution in [2.45, 2.75) is 31.9 Å². The molecule has 2 aromatic rings. The Morgan fingerprint density at radius 3 is 3.09 bits per heavy atom. The van der Waals surface area contributed by atoms with Gasteiger partial charge in [0.2, 0.25) is 5.91 Å². The Bertz CT molecular complexity index is 692. The van der Waals surface area contributed by atoms with Gasteiger partial charge in [0, 0.05) is 18.7 Å². The fourth-order valence-corrected chi connectivity index (χ4v) is 3.24. The molecule has 1 unspecified atom stereocenters. The van der Waals surface area contributed by atoms with Gasteiger partial charge in [-0.2, -0.15) is 0 Å². The minimum absolute atomic E-state index is 0.00887. The maximum atomic E-state index is 12.0. The molecule has 2 heterocycles. The van der Waals surface area contributed by atoms with E-state index in [1.54, 1.807) is 0 Å². The molecule has 1 saturated heterocycles. The first kappa shape index (κ1) is 14.8. The molecule has 5 heteroatoms. The SMILES string of the molecule is C=CC(=O)N1CCCCC(n2cnc3cccc(CO)c32)C1. The van der Waals surface area contributed by atoms with E-state index in [1.807, 2.05) is 29.4 Å². The van der Waals surface area contributed by atoms with Crippen molar-refractivity contribution in [2.24, 2.45) is 0 Å². The number of aliphatic hydroxyl groups excluding tert-OH is 1. The van der Waals surface area contributed by atoms with Gasteiger partial charge in [-0.1, -0.05) is 18.7 Å². The Balaban J connectivity index is 1.98. The van der Waals surface area contributed by atoms with Crippen LogP contribution in [0.4, 0.5) is 0 Å². The number of fused-ring (bicyclic) bond motifs is 1. The molecule has 1 aliphatic heterocycles. The van der Waals surface area contributed by atoms with Crippen molar-refractivity contribution in [1.82, 2.24) is 14.5 Å². The molecule has 116 valence electrons. The van der Waals surface area contributed by atoms with Crippen LogP contribution in [0.1, 0.15) is 30.9 Å². The molecule has 3 rings (SSSR count). The Kier molecular flexibility index (Phi) is 4.24. The Labute approximate surface area is 129 Å². The van der Waals surface area contributed by atoms with Gasteiger partial charge in [-0.3, -0.25) is 4.79 Å². The molecule has 1 aromatic heterocycles. The zero-order valence-electron chi connectivity index (χ0n) is 12.6. The Morgan fingerprint density at radius 1 is 1.45 bits per heavy atom. The number of hydrogen-bond acceptors (Lipinski definition) is 3. The molecule has 1 fully saturated rings. The van der Waals surface area contributed by atoms with Gasteiger partial charge in [0.25, 0.3) is 0 Å². The Hall–Kier alpha value is -2.14. The van der Waals surface area contributed by atoms with Crippen molar-refractivity contribution in [1.29, 1.82) is 0 Å². The first-order valence-electron chi connectivity index (χ1n) is 7.71. The molecule has 5 nitrogen and oxygen atoms in total. The largest absolute Gasteiger partial charge is 0.392 e. The second kappa shape index (κ2) is 6.32. The van der Waals surface area contributed by atoms with E-state index >= 15 is 0 Å². The molecule has 0 spiro atoms. The molecule has 22 heavy (non-hydrogen) atoms. The van der Waals surface area contributed by atoms with Crippen LogP contribution in [0.3, 0.4) is 0 Å². The molecule has 1 N–H and O–H groups in total. The van der Waals surface area contributed by atoms with Gasteiger partial charge < -0.3 is 14.6 Å². The lowest BCUT2D eigenvalue weighted by atomic mass is 10.1. The summed E-state index contributed by atoms with van der Waals surface area (Å²) in [5.74, 6) is -0.0151. The maximum Gasteiger partial charge on any atom is 0.246 e. The van der Waals surface area contributed by atoms with E-state index < -0.39 is 0 Å². The number of para-hydroxylation sites is 1. The van der Waals surface area contributed by atoms with Crippen LogP contribution in [0, 0.1) is 0 Å². The summed E-state index contributed by atoms with van der Waals surface area (Å²) in [6.07, 6.45) is 6.30. The summed E-state index contributed by atoms with van der Waals surface area (Å²) in [6, 6.07) is 5.97. The summed E-state index contributed by atoms with van der Waals surface area (Å²) >= 11 is 0. The average molecular weight is 299 g/mol. The van der Waals surface area contributed by atoms with Crippen LogP contribution in [-0.4, -0.2) is 38.6 Å². The summed E-state index contributed by atoms with van der Waals surface area (Å²) in [7, 11) is 0. The highest BCUT2D eigenvalue weighted by molar-refractivity contribution is 5.87. The van der Waals surface area contributed by atoms with Crippen molar-refractivity contribution >= 4 is 16.9 Å². The summed E-state index contributed by atoms with van der Waals surface area (Å²) in [6.45, 7) is 5.02. The van der Waals surface area contributed by atoms with Crippen molar-refractivity contribution in [3.05, 3.63) is 42.7 Å². The van der Waals surface area contributed by atoms with Crippen molar-refractivity contribution in [2.75, 3.05) is 13.1 Å². The van der Waals surface area contributed by atoms with Crippen LogP contribution >= 0.6 is 0 Å². The first-order valence-corrected chi connectivity index (χ1v) is 7.71. The molecule has 0 bridgehead atoms. The van der Waals surface area contributed by atoms with Crippen molar-refractivity contribution in [3.63, 3.8) is 0 Å². The Morgan fingerprint density at radius 2 is 2.32 bits per heavy atom. The van der Waals surface area contributed by atoms with Gasteiger partial charge >= 0.3 is 0 Å². The maximum absolute atomic E-state index is 12.0. The van der Waals surface area contributed by atoms with Crippen LogP contribution < -0.4 is 0 Å². The van der Waals surface area contributed by atoms with Crippen LogP contribution in [0.5, 0.6) is 0 Å². The summed E-state index contributed by atoms with van der Waals surface area (Å²) in [5, 5.41) is 9.59. The normalized spacial score (nSPS) is 19.1. The van der Waals surface area contributed by atoms with Crippen LogP contribution in [0.15, 0.2) is 37.2 Å². The molecule has 1 atom stereocenters. The lowest BCUT2D eigenvalue weighted by Crippen LogP contribution is -2.34. The van der Waals surface area contributed by atoms with E-state index in [0.29, 0.717) is 6.54 Å². The number of imidazole rings is 1. The summed E-state index contributed by atoms with van der Waals surface area (Å²) in [4.78, 5) is 18.3. The second-order valence-corrected chi connectivity index (χ2v) is 5.73. The predicted octanol–water partition coefficient (Wildman–Crippen LogP) is 2.27. The number of carbonyl (C=O) groups is 1. The fourth-order valence-electron chi connectivity index (χ4n) is 3.24. The fraction of sp³-hybridized carbons (Fsp3) is 0.412. The number of amides is 1. The molecular formula is C17H21N3O2. The number of aliphatic hydroxyl groups is 1. The average Bonchev–Trinajstić information content (AvgIpc) is 2.84. The molecule has 1 amide bonds. The van der Waals surface area contributed by atoms with E-state index in [-0.39, 0.29) is 18.6 Å². The highest BCUT2D eigenvalue weighted by Gasteiger charge is 2.23. The number of benzene rings is 1. The monoisotopic (exact) mass is 299 g/mol. The number of rotatable bonds is 3. The van der Waals surface area contributed by atoms with Crippen LogP contribution in [0.25, 0.3) is 11.0 Å². The molecule has 0 radical (unpaired) electrons. The molecule has 1 aromatic carbocycles. The third-order valence-electron chi connectivity index (χ3n) is 4.37. The predicted molar refractivity (Wildman–Crippen MR) is 85.3 cm³/mol. The highest BCUT2D eigenvalue weighted by Crippen LogP contribution is 2.27. The first-order chi connectivity index (χ1) is 10.7.